The van der Waals surface area contributed by atoms with E-state index in [9.17, 15) is 13.2 Å². The maximum atomic E-state index is 12.0. The third-order valence-electron chi connectivity index (χ3n) is 1.83. The van der Waals surface area contributed by atoms with Gasteiger partial charge in [0.2, 0.25) is 0 Å². The fourth-order valence-corrected chi connectivity index (χ4v) is 1.85. The third kappa shape index (κ3) is 3.81. The second-order valence-corrected chi connectivity index (χ2v) is 3.78. The lowest BCUT2D eigenvalue weighted by atomic mass is 10.2. The van der Waals surface area contributed by atoms with E-state index in [0.29, 0.717) is 0 Å². The molecule has 1 rings (SSSR count). The third-order valence-corrected chi connectivity index (χ3v) is 2.75. The van der Waals surface area contributed by atoms with Crippen LogP contribution in [0.3, 0.4) is 0 Å². The van der Waals surface area contributed by atoms with E-state index < -0.39 is 6.36 Å². The van der Waals surface area contributed by atoms with Crippen molar-refractivity contribution in [3.8, 4) is 5.75 Å². The molecule has 0 spiro atoms. The van der Waals surface area contributed by atoms with E-state index in [1.807, 2.05) is 19.3 Å². The van der Waals surface area contributed by atoms with Crippen molar-refractivity contribution < 1.29 is 17.9 Å². The first-order valence-corrected chi connectivity index (χ1v) is 5.75. The lowest BCUT2D eigenvalue weighted by Crippen LogP contribution is -2.17. The van der Waals surface area contributed by atoms with Crippen molar-refractivity contribution in [1.82, 2.24) is 0 Å². The van der Waals surface area contributed by atoms with Crippen LogP contribution in [0.15, 0.2) is 30.3 Å². The lowest BCUT2D eigenvalue weighted by Gasteiger charge is -2.10. The zero-order chi connectivity index (χ0) is 12.2. The summed E-state index contributed by atoms with van der Waals surface area (Å²) in [6, 6.07) is 5.94. The second-order valence-electron chi connectivity index (χ2n) is 2.93. The normalized spacial score (nSPS) is 12.7. The molecule has 1 nitrogen and oxygen atoms in total. The van der Waals surface area contributed by atoms with E-state index in [1.54, 1.807) is 6.07 Å². The fourth-order valence-electron chi connectivity index (χ4n) is 1.25. The van der Waals surface area contributed by atoms with Gasteiger partial charge in [0.15, 0.2) is 0 Å². The average molecular weight is 248 g/mol. The number of alkyl halides is 3. The molecule has 5 heteroatoms. The Balaban J connectivity index is 2.95. The van der Waals surface area contributed by atoms with Crippen LogP contribution in [0.25, 0.3) is 4.91 Å². The molecular weight excluding hydrogens is 237 g/mol. The Morgan fingerprint density at radius 3 is 2.56 bits per heavy atom. The Bertz CT molecular complexity index is 385. The van der Waals surface area contributed by atoms with E-state index in [0.717, 1.165) is 10.5 Å². The first-order valence-electron chi connectivity index (χ1n) is 4.52. The molecule has 0 aliphatic rings. The van der Waals surface area contributed by atoms with Crippen LogP contribution in [0.5, 0.6) is 5.75 Å². The molecule has 0 radical (unpaired) electrons. The minimum Gasteiger partial charge on any atom is -0.406 e. The molecule has 1 aromatic rings. The summed E-state index contributed by atoms with van der Waals surface area (Å²) in [5.41, 5.74) is 0.719. The van der Waals surface area contributed by atoms with Crippen LogP contribution in [0.2, 0.25) is 0 Å². The van der Waals surface area contributed by atoms with Gasteiger partial charge in [-0.15, -0.1) is 24.9 Å². The summed E-state index contributed by atoms with van der Waals surface area (Å²) in [4.78, 5) is 0.910. The van der Waals surface area contributed by atoms with Crippen molar-refractivity contribution in [2.75, 3.05) is 6.26 Å². The topological polar surface area (TPSA) is 9.23 Å². The molecule has 1 aromatic carbocycles. The lowest BCUT2D eigenvalue weighted by molar-refractivity contribution is -0.274. The molecule has 0 aromatic heterocycles. The highest BCUT2D eigenvalue weighted by Crippen LogP contribution is 2.29. The van der Waals surface area contributed by atoms with Crippen molar-refractivity contribution in [2.45, 2.75) is 13.3 Å². The minimum atomic E-state index is -4.64. The summed E-state index contributed by atoms with van der Waals surface area (Å²) in [6.07, 6.45) is -0.932. The smallest absolute Gasteiger partial charge is 0.406 e. The summed E-state index contributed by atoms with van der Waals surface area (Å²) in [5, 5.41) is 0. The Labute approximate surface area is 96.3 Å². The van der Waals surface area contributed by atoms with E-state index in [4.69, 9.17) is 0 Å². The van der Waals surface area contributed by atoms with Crippen LogP contribution in [-0.4, -0.2) is 12.6 Å². The average Bonchev–Trinajstić information content (AvgIpc) is 2.17. The van der Waals surface area contributed by atoms with Gasteiger partial charge in [-0.3, -0.25) is 0 Å². The number of thioether (sulfide) groups is 1. The second kappa shape index (κ2) is 5.30. The number of benzene rings is 1. The maximum Gasteiger partial charge on any atom is 0.573 e. The van der Waals surface area contributed by atoms with Crippen LogP contribution in [0.1, 0.15) is 12.5 Å². The molecule has 0 aliphatic heterocycles. The molecule has 0 fully saturated rings. The van der Waals surface area contributed by atoms with Crippen LogP contribution in [0, 0.1) is 0 Å². The molecule has 0 saturated heterocycles. The van der Waals surface area contributed by atoms with Crippen LogP contribution in [-0.2, 0) is 0 Å². The van der Waals surface area contributed by atoms with Crippen molar-refractivity contribution in [1.29, 1.82) is 0 Å². The first kappa shape index (κ1) is 13.0. The van der Waals surface area contributed by atoms with E-state index in [-0.39, 0.29) is 5.75 Å². The van der Waals surface area contributed by atoms with Crippen molar-refractivity contribution in [2.24, 2.45) is 0 Å². The molecule has 0 heterocycles. The van der Waals surface area contributed by atoms with Gasteiger partial charge >= 0.3 is 6.36 Å². The van der Waals surface area contributed by atoms with Crippen molar-refractivity contribution >= 4 is 16.7 Å². The molecule has 0 atom stereocenters. The molecule has 0 unspecified atom stereocenters. The van der Waals surface area contributed by atoms with Gasteiger partial charge in [-0.05, 0) is 30.9 Å². The van der Waals surface area contributed by atoms with Gasteiger partial charge in [0.25, 0.3) is 0 Å². The van der Waals surface area contributed by atoms with E-state index in [2.05, 4.69) is 4.74 Å². The fraction of sp³-hybridized carbons (Fsp3) is 0.273. The number of rotatable bonds is 3. The quantitative estimate of drug-likeness (QED) is 0.788. The van der Waals surface area contributed by atoms with Gasteiger partial charge in [-0.1, -0.05) is 18.2 Å². The Morgan fingerprint density at radius 1 is 1.38 bits per heavy atom. The predicted molar refractivity (Wildman–Crippen MR) is 60.3 cm³/mol. The SMILES string of the molecule is C/C=C(\SC)c1cccc(OC(F)(F)F)c1. The van der Waals surface area contributed by atoms with Crippen molar-refractivity contribution in [3.05, 3.63) is 35.9 Å². The largest absolute Gasteiger partial charge is 0.573 e. The predicted octanol–water partition coefficient (Wildman–Crippen LogP) is 4.31. The Kier molecular flexibility index (Phi) is 4.29. The number of allylic oxidation sites excluding steroid dienone is 1. The number of ether oxygens (including phenoxy) is 1. The standard InChI is InChI=1S/C11H11F3OS/c1-3-10(16-2)8-5-4-6-9(7-8)15-11(12,13)14/h3-7H,1-2H3/b10-3-. The molecular formula is C11H11F3OS. The van der Waals surface area contributed by atoms with Gasteiger partial charge < -0.3 is 4.74 Å². The van der Waals surface area contributed by atoms with Gasteiger partial charge in [0.05, 0.1) is 0 Å². The monoisotopic (exact) mass is 248 g/mol. The van der Waals surface area contributed by atoms with Crippen LogP contribution in [0.4, 0.5) is 13.2 Å². The van der Waals surface area contributed by atoms with Crippen molar-refractivity contribution in [3.63, 3.8) is 0 Å². The zero-order valence-electron chi connectivity index (χ0n) is 8.84. The molecule has 0 aliphatic carbocycles. The molecule has 0 saturated carbocycles. The number of hydrogen-bond acceptors (Lipinski definition) is 2. The highest BCUT2D eigenvalue weighted by molar-refractivity contribution is 8.07. The summed E-state index contributed by atoms with van der Waals surface area (Å²) in [6.45, 7) is 1.84. The Hall–Kier alpha value is -1.10. The summed E-state index contributed by atoms with van der Waals surface area (Å²) in [5.74, 6) is -0.196. The summed E-state index contributed by atoms with van der Waals surface area (Å²) >= 11 is 1.47. The van der Waals surface area contributed by atoms with E-state index >= 15 is 0 Å². The number of halogens is 3. The highest BCUT2D eigenvalue weighted by atomic mass is 32.2. The molecule has 16 heavy (non-hydrogen) atoms. The molecule has 0 N–H and O–H groups in total. The summed E-state index contributed by atoms with van der Waals surface area (Å²) < 4.78 is 39.8. The van der Waals surface area contributed by atoms with Crippen LogP contribution >= 0.6 is 11.8 Å². The maximum absolute atomic E-state index is 12.0. The number of hydrogen-bond donors (Lipinski definition) is 0. The Morgan fingerprint density at radius 2 is 2.06 bits per heavy atom. The van der Waals surface area contributed by atoms with Gasteiger partial charge in [-0.25, -0.2) is 0 Å². The van der Waals surface area contributed by atoms with E-state index in [1.165, 1.54) is 30.0 Å². The first-order chi connectivity index (χ1) is 7.46. The highest BCUT2D eigenvalue weighted by Gasteiger charge is 2.31. The van der Waals surface area contributed by atoms with Crippen LogP contribution < -0.4 is 4.74 Å². The van der Waals surface area contributed by atoms with Gasteiger partial charge in [-0.2, -0.15) is 0 Å². The van der Waals surface area contributed by atoms with Gasteiger partial charge in [0.1, 0.15) is 5.75 Å². The molecule has 0 amide bonds. The minimum absolute atomic E-state index is 0.196. The zero-order valence-corrected chi connectivity index (χ0v) is 9.65. The molecule has 88 valence electrons. The summed E-state index contributed by atoms with van der Waals surface area (Å²) in [7, 11) is 0. The molecule has 0 bridgehead atoms. The van der Waals surface area contributed by atoms with Gasteiger partial charge in [0, 0.05) is 4.91 Å².